The van der Waals surface area contributed by atoms with Crippen molar-refractivity contribution in [2.45, 2.75) is 33.4 Å². The summed E-state index contributed by atoms with van der Waals surface area (Å²) in [5.41, 5.74) is 4.64. The van der Waals surface area contributed by atoms with Crippen molar-refractivity contribution in [1.82, 2.24) is 14.9 Å². The molecule has 1 heterocycles. The fourth-order valence-corrected chi connectivity index (χ4v) is 4.07. The highest BCUT2D eigenvalue weighted by atomic mass is 35.5. The maximum atomic E-state index is 12.9. The van der Waals surface area contributed by atoms with Gasteiger partial charge in [0.2, 0.25) is 0 Å². The minimum atomic E-state index is -0.282. The lowest BCUT2D eigenvalue weighted by molar-refractivity contribution is 0.0937. The van der Waals surface area contributed by atoms with E-state index in [9.17, 15) is 4.79 Å². The van der Waals surface area contributed by atoms with Crippen LogP contribution in [0.25, 0.3) is 11.0 Å². The summed E-state index contributed by atoms with van der Waals surface area (Å²) < 4.78 is 8.00. The predicted molar refractivity (Wildman–Crippen MR) is 128 cm³/mol. The van der Waals surface area contributed by atoms with Crippen LogP contribution in [-0.4, -0.2) is 22.1 Å². The van der Waals surface area contributed by atoms with Crippen LogP contribution in [0.1, 0.15) is 40.3 Å². The van der Waals surface area contributed by atoms with Gasteiger partial charge in [-0.15, -0.1) is 0 Å². The lowest BCUT2D eigenvalue weighted by atomic mass is 10.0. The third-order valence-corrected chi connectivity index (χ3v) is 5.77. The average molecular weight is 448 g/mol. The number of hydrogen-bond donors (Lipinski definition) is 1. The summed E-state index contributed by atoms with van der Waals surface area (Å²) in [6, 6.07) is 20.9. The Balaban J connectivity index is 1.56. The predicted octanol–water partition coefficient (Wildman–Crippen LogP) is 5.88. The number of nitrogens with zero attached hydrogens (tertiary/aromatic N) is 2. The Bertz CT molecular complexity index is 1270. The summed E-state index contributed by atoms with van der Waals surface area (Å²) in [6.45, 7) is 6.92. The van der Waals surface area contributed by atoms with Gasteiger partial charge >= 0.3 is 0 Å². The van der Waals surface area contributed by atoms with Crippen molar-refractivity contribution in [2.24, 2.45) is 0 Å². The highest BCUT2D eigenvalue weighted by molar-refractivity contribution is 6.32. The van der Waals surface area contributed by atoms with Gasteiger partial charge in [0.05, 0.1) is 28.6 Å². The number of hydrogen-bond acceptors (Lipinski definition) is 3. The third kappa shape index (κ3) is 4.63. The van der Waals surface area contributed by atoms with Gasteiger partial charge in [0.1, 0.15) is 18.2 Å². The van der Waals surface area contributed by atoms with Crippen LogP contribution in [-0.2, 0) is 6.54 Å². The molecule has 4 rings (SSSR count). The Morgan fingerprint density at radius 3 is 2.62 bits per heavy atom. The van der Waals surface area contributed by atoms with E-state index in [0.29, 0.717) is 29.5 Å². The first kappa shape index (κ1) is 21.9. The van der Waals surface area contributed by atoms with Gasteiger partial charge in [-0.2, -0.15) is 0 Å². The number of para-hydroxylation sites is 3. The lowest BCUT2D eigenvalue weighted by Gasteiger charge is -2.17. The molecule has 0 saturated heterocycles. The van der Waals surface area contributed by atoms with E-state index >= 15 is 0 Å². The number of aromatic nitrogens is 2. The van der Waals surface area contributed by atoms with Gasteiger partial charge in [-0.3, -0.25) is 4.79 Å². The molecule has 0 saturated carbocycles. The largest absolute Gasteiger partial charge is 0.490 e. The summed E-state index contributed by atoms with van der Waals surface area (Å²) in [5.74, 6) is 1.32. The van der Waals surface area contributed by atoms with E-state index < -0.39 is 0 Å². The molecule has 1 unspecified atom stereocenters. The molecule has 0 fully saturated rings. The summed E-state index contributed by atoms with van der Waals surface area (Å²) >= 11 is 6.21. The number of aryl methyl sites for hydroxylation is 2. The maximum absolute atomic E-state index is 12.9. The smallest absolute Gasteiger partial charge is 0.252 e. The van der Waals surface area contributed by atoms with Gasteiger partial charge in [0.25, 0.3) is 5.91 Å². The van der Waals surface area contributed by atoms with Gasteiger partial charge in [-0.25, -0.2) is 4.98 Å². The monoisotopic (exact) mass is 447 g/mol. The first-order chi connectivity index (χ1) is 15.4. The highest BCUT2D eigenvalue weighted by Gasteiger charge is 2.20. The van der Waals surface area contributed by atoms with Gasteiger partial charge in [-0.1, -0.05) is 53.6 Å². The molecule has 0 spiro atoms. The zero-order chi connectivity index (χ0) is 22.7. The van der Waals surface area contributed by atoms with Crippen molar-refractivity contribution < 1.29 is 9.53 Å². The van der Waals surface area contributed by atoms with E-state index in [4.69, 9.17) is 21.3 Å². The molecule has 3 aromatic carbocycles. The second-order valence-corrected chi connectivity index (χ2v) is 8.31. The van der Waals surface area contributed by atoms with Crippen molar-refractivity contribution in [3.63, 3.8) is 0 Å². The molecule has 0 bridgehead atoms. The van der Waals surface area contributed by atoms with Crippen LogP contribution < -0.4 is 10.1 Å². The van der Waals surface area contributed by atoms with Crippen molar-refractivity contribution in [2.75, 3.05) is 6.61 Å². The topological polar surface area (TPSA) is 56.2 Å². The Labute approximate surface area is 193 Å². The third-order valence-electron chi connectivity index (χ3n) is 5.45. The van der Waals surface area contributed by atoms with Crippen molar-refractivity contribution in [3.05, 3.63) is 94.3 Å². The molecule has 1 amide bonds. The number of rotatable bonds is 7. The number of fused-ring (bicyclic) bond motifs is 1. The van der Waals surface area contributed by atoms with E-state index in [1.54, 1.807) is 6.07 Å². The Morgan fingerprint density at radius 1 is 1.09 bits per heavy atom. The van der Waals surface area contributed by atoms with Crippen LogP contribution in [0.15, 0.2) is 66.7 Å². The van der Waals surface area contributed by atoms with E-state index in [-0.39, 0.29) is 11.9 Å². The minimum Gasteiger partial charge on any atom is -0.490 e. The summed E-state index contributed by atoms with van der Waals surface area (Å²) in [5, 5.41) is 3.69. The zero-order valence-corrected chi connectivity index (χ0v) is 19.2. The highest BCUT2D eigenvalue weighted by Crippen LogP contribution is 2.25. The fourth-order valence-electron chi connectivity index (χ4n) is 3.88. The number of halogens is 1. The molecule has 1 aromatic heterocycles. The number of nitrogens with one attached hydrogen (secondary N) is 1. The molecular weight excluding hydrogens is 422 g/mol. The van der Waals surface area contributed by atoms with E-state index in [2.05, 4.69) is 9.88 Å². The van der Waals surface area contributed by atoms with E-state index in [1.165, 1.54) is 0 Å². The first-order valence-electron chi connectivity index (χ1n) is 10.6. The first-order valence-corrected chi connectivity index (χ1v) is 11.0. The molecule has 164 valence electrons. The fraction of sp³-hybridized carbons (Fsp3) is 0.231. The van der Waals surface area contributed by atoms with Crippen LogP contribution in [0.2, 0.25) is 5.02 Å². The number of ether oxygens (including phenoxy) is 1. The second kappa shape index (κ2) is 9.45. The number of benzene rings is 3. The molecule has 1 N–H and O–H groups in total. The molecule has 0 aliphatic heterocycles. The standard InChI is InChI=1S/C26H26ClN3O2/c1-17-12-13-20(18(2)16-17)26(31)28-19(3)25-29-22-9-5-6-10-23(22)30(25)14-15-32-24-11-7-4-8-21(24)27/h4-13,16,19H,14-15H2,1-3H3,(H,28,31). The molecule has 0 radical (unpaired) electrons. The SMILES string of the molecule is Cc1ccc(C(=O)NC(C)c2nc3ccccc3n2CCOc2ccccc2Cl)c(C)c1. The molecule has 32 heavy (non-hydrogen) atoms. The van der Waals surface area contributed by atoms with E-state index in [1.807, 2.05) is 81.4 Å². The zero-order valence-electron chi connectivity index (χ0n) is 18.4. The molecule has 0 aliphatic carbocycles. The van der Waals surface area contributed by atoms with Crippen molar-refractivity contribution in [3.8, 4) is 5.75 Å². The van der Waals surface area contributed by atoms with Crippen LogP contribution in [0, 0.1) is 13.8 Å². The van der Waals surface area contributed by atoms with Crippen LogP contribution in [0.3, 0.4) is 0 Å². The summed E-state index contributed by atoms with van der Waals surface area (Å²) in [4.78, 5) is 17.7. The molecule has 1 atom stereocenters. The number of imidazole rings is 1. The average Bonchev–Trinajstić information content (AvgIpc) is 3.14. The summed E-state index contributed by atoms with van der Waals surface area (Å²) in [7, 11) is 0. The maximum Gasteiger partial charge on any atom is 0.252 e. The quantitative estimate of drug-likeness (QED) is 0.385. The van der Waals surface area contributed by atoms with Gasteiger partial charge < -0.3 is 14.6 Å². The molecular formula is C26H26ClN3O2. The van der Waals surface area contributed by atoms with Crippen LogP contribution in [0.4, 0.5) is 0 Å². The lowest BCUT2D eigenvalue weighted by Crippen LogP contribution is -2.29. The molecule has 5 nitrogen and oxygen atoms in total. The Hall–Kier alpha value is -3.31. The minimum absolute atomic E-state index is 0.110. The van der Waals surface area contributed by atoms with E-state index in [0.717, 1.165) is 28.0 Å². The van der Waals surface area contributed by atoms with Crippen LogP contribution in [0.5, 0.6) is 5.75 Å². The molecule has 4 aromatic rings. The van der Waals surface area contributed by atoms with Crippen LogP contribution >= 0.6 is 11.6 Å². The van der Waals surface area contributed by atoms with Gasteiger partial charge in [0, 0.05) is 5.56 Å². The second-order valence-electron chi connectivity index (χ2n) is 7.90. The Kier molecular flexibility index (Phi) is 6.47. The van der Waals surface area contributed by atoms with Gasteiger partial charge in [0.15, 0.2) is 0 Å². The number of carbonyl (C=O) groups excluding carboxylic acids is 1. The van der Waals surface area contributed by atoms with Gasteiger partial charge in [-0.05, 0) is 56.7 Å². The van der Waals surface area contributed by atoms with Crippen molar-refractivity contribution in [1.29, 1.82) is 0 Å². The number of carbonyl (C=O) groups is 1. The van der Waals surface area contributed by atoms with Crippen molar-refractivity contribution >= 4 is 28.5 Å². The summed E-state index contributed by atoms with van der Waals surface area (Å²) in [6.07, 6.45) is 0. The molecule has 6 heteroatoms. The Morgan fingerprint density at radius 2 is 1.84 bits per heavy atom. The molecule has 0 aliphatic rings. The number of amides is 1. The normalized spacial score (nSPS) is 12.0.